The van der Waals surface area contributed by atoms with E-state index >= 15 is 0 Å². The lowest BCUT2D eigenvalue weighted by molar-refractivity contribution is -0.116. The number of carbonyl (C=O) groups excluding carboxylic acids is 1. The highest BCUT2D eigenvalue weighted by Gasteiger charge is 2.18. The van der Waals surface area contributed by atoms with E-state index in [-0.39, 0.29) is 24.1 Å². The van der Waals surface area contributed by atoms with Gasteiger partial charge in [-0.1, -0.05) is 31.2 Å². The summed E-state index contributed by atoms with van der Waals surface area (Å²) in [4.78, 5) is 38.6. The first-order valence-corrected chi connectivity index (χ1v) is 9.44. The fourth-order valence-corrected chi connectivity index (χ4v) is 3.27. The summed E-state index contributed by atoms with van der Waals surface area (Å²) in [6.07, 6.45) is 0.641. The number of nitrogens with zero attached hydrogens (tertiary/aromatic N) is 2. The zero-order valence-electron chi connectivity index (χ0n) is 16.7. The van der Waals surface area contributed by atoms with E-state index in [0.717, 1.165) is 16.8 Å². The normalized spacial score (nSPS) is 12.1. The molecule has 0 radical (unpaired) electrons. The Hall–Kier alpha value is -3.15. The topological polar surface area (TPSA) is 73.1 Å². The molecule has 6 heteroatoms. The van der Waals surface area contributed by atoms with Crippen LogP contribution in [0.15, 0.2) is 52.1 Å². The second kappa shape index (κ2) is 7.84. The average molecular weight is 379 g/mol. The van der Waals surface area contributed by atoms with E-state index in [1.165, 1.54) is 9.13 Å². The lowest BCUT2D eigenvalue weighted by Crippen LogP contribution is -2.43. The van der Waals surface area contributed by atoms with Gasteiger partial charge in [-0.25, -0.2) is 4.79 Å². The highest BCUT2D eigenvalue weighted by molar-refractivity contribution is 5.92. The van der Waals surface area contributed by atoms with E-state index in [1.54, 1.807) is 24.3 Å². The molecule has 0 aliphatic carbocycles. The zero-order valence-corrected chi connectivity index (χ0v) is 16.7. The van der Waals surface area contributed by atoms with Gasteiger partial charge < -0.3 is 5.32 Å². The van der Waals surface area contributed by atoms with Gasteiger partial charge in [-0.2, -0.15) is 0 Å². The molecule has 1 amide bonds. The number of fused-ring (bicyclic) bond motifs is 1. The number of carbonyl (C=O) groups is 1. The Morgan fingerprint density at radius 3 is 2.54 bits per heavy atom. The maximum Gasteiger partial charge on any atom is 0.332 e. The van der Waals surface area contributed by atoms with Crippen LogP contribution in [0.25, 0.3) is 10.9 Å². The highest BCUT2D eigenvalue weighted by Crippen LogP contribution is 2.17. The molecule has 3 rings (SSSR count). The van der Waals surface area contributed by atoms with Crippen LogP contribution >= 0.6 is 0 Å². The number of nitrogens with one attached hydrogen (secondary N) is 1. The third-order valence-corrected chi connectivity index (χ3v) is 5.08. The molecule has 2 aromatic carbocycles. The summed E-state index contributed by atoms with van der Waals surface area (Å²) >= 11 is 0. The molecule has 0 spiro atoms. The number of aromatic nitrogens is 2. The number of benzene rings is 2. The molecule has 1 atom stereocenters. The van der Waals surface area contributed by atoms with Gasteiger partial charge in [0.2, 0.25) is 5.91 Å². The van der Waals surface area contributed by atoms with E-state index in [0.29, 0.717) is 17.3 Å². The van der Waals surface area contributed by atoms with Crippen molar-refractivity contribution in [2.24, 2.45) is 0 Å². The summed E-state index contributed by atoms with van der Waals surface area (Å²) in [6, 6.07) is 12.5. The Bertz CT molecular complexity index is 1160. The van der Waals surface area contributed by atoms with Crippen molar-refractivity contribution in [1.29, 1.82) is 0 Å². The largest absolute Gasteiger partial charge is 0.332 e. The van der Waals surface area contributed by atoms with Gasteiger partial charge in [-0.3, -0.25) is 18.7 Å². The van der Waals surface area contributed by atoms with Crippen LogP contribution in [0, 0.1) is 13.8 Å². The van der Waals surface area contributed by atoms with Crippen molar-refractivity contribution in [3.05, 3.63) is 74.4 Å². The maximum atomic E-state index is 13.1. The minimum atomic E-state index is -0.464. The number of anilines is 1. The van der Waals surface area contributed by atoms with E-state index < -0.39 is 5.69 Å². The van der Waals surface area contributed by atoms with Gasteiger partial charge in [0, 0.05) is 11.7 Å². The molecule has 1 aromatic heterocycles. The molecule has 0 fully saturated rings. The Balaban J connectivity index is 2.07. The fourth-order valence-electron chi connectivity index (χ4n) is 3.27. The smallest absolute Gasteiger partial charge is 0.324 e. The quantitative estimate of drug-likeness (QED) is 0.738. The Kier molecular flexibility index (Phi) is 5.49. The van der Waals surface area contributed by atoms with Gasteiger partial charge in [-0.15, -0.1) is 0 Å². The SMILES string of the molecule is CC[C@H](C)n1c(=O)c2ccccc2n(CC(=O)Nc2cc(C)ccc2C)c1=O. The molecule has 0 saturated heterocycles. The van der Waals surface area contributed by atoms with Crippen LogP contribution in [-0.4, -0.2) is 15.0 Å². The van der Waals surface area contributed by atoms with Gasteiger partial charge in [0.1, 0.15) is 6.54 Å². The van der Waals surface area contributed by atoms with Crippen molar-refractivity contribution < 1.29 is 4.79 Å². The van der Waals surface area contributed by atoms with Crippen LogP contribution in [0.2, 0.25) is 0 Å². The monoisotopic (exact) mass is 379 g/mol. The molecule has 28 heavy (non-hydrogen) atoms. The first-order chi connectivity index (χ1) is 13.3. The molecule has 0 saturated carbocycles. The maximum absolute atomic E-state index is 13.1. The van der Waals surface area contributed by atoms with Gasteiger partial charge in [0.15, 0.2) is 0 Å². The Labute approximate surface area is 163 Å². The average Bonchev–Trinajstić information content (AvgIpc) is 2.68. The number of aryl methyl sites for hydroxylation is 2. The third-order valence-electron chi connectivity index (χ3n) is 5.08. The molecule has 3 aromatic rings. The predicted molar refractivity (Wildman–Crippen MR) is 112 cm³/mol. The minimum absolute atomic E-state index is 0.163. The van der Waals surface area contributed by atoms with Crippen LogP contribution in [0.5, 0.6) is 0 Å². The summed E-state index contributed by atoms with van der Waals surface area (Å²) in [5, 5.41) is 3.32. The van der Waals surface area contributed by atoms with Gasteiger partial charge >= 0.3 is 5.69 Å². The van der Waals surface area contributed by atoms with Crippen molar-refractivity contribution >= 4 is 22.5 Å². The number of hydrogen-bond acceptors (Lipinski definition) is 3. The molecule has 1 N–H and O–H groups in total. The molecule has 146 valence electrons. The highest BCUT2D eigenvalue weighted by atomic mass is 16.2. The Morgan fingerprint density at radius 2 is 1.82 bits per heavy atom. The van der Waals surface area contributed by atoms with E-state index in [1.807, 2.05) is 45.9 Å². The first kappa shape index (κ1) is 19.6. The van der Waals surface area contributed by atoms with Gasteiger partial charge in [-0.05, 0) is 56.5 Å². The molecule has 6 nitrogen and oxygen atoms in total. The molecule has 0 bridgehead atoms. The number of amides is 1. The van der Waals surface area contributed by atoms with E-state index in [2.05, 4.69) is 5.32 Å². The first-order valence-electron chi connectivity index (χ1n) is 9.44. The second-order valence-electron chi connectivity index (χ2n) is 7.18. The van der Waals surface area contributed by atoms with Crippen LogP contribution in [-0.2, 0) is 11.3 Å². The van der Waals surface area contributed by atoms with Gasteiger partial charge in [0.25, 0.3) is 5.56 Å². The Morgan fingerprint density at radius 1 is 1.11 bits per heavy atom. The standard InChI is InChI=1S/C22H25N3O3/c1-5-16(4)25-21(27)17-8-6-7-9-19(17)24(22(25)28)13-20(26)23-18-12-14(2)10-11-15(18)3/h6-12,16H,5,13H2,1-4H3,(H,23,26)/t16-/m0/s1. The lowest BCUT2D eigenvalue weighted by atomic mass is 10.1. The predicted octanol–water partition coefficient (Wildman–Crippen LogP) is 3.39. The van der Waals surface area contributed by atoms with Crippen molar-refractivity contribution in [1.82, 2.24) is 9.13 Å². The van der Waals surface area contributed by atoms with Crippen molar-refractivity contribution in [2.75, 3.05) is 5.32 Å². The van der Waals surface area contributed by atoms with E-state index in [4.69, 9.17) is 0 Å². The lowest BCUT2D eigenvalue weighted by Gasteiger charge is -2.17. The van der Waals surface area contributed by atoms with Crippen molar-refractivity contribution in [3.63, 3.8) is 0 Å². The molecular formula is C22H25N3O3. The summed E-state index contributed by atoms with van der Waals surface area (Å²) in [5.41, 5.74) is 2.38. The molecule has 0 aliphatic rings. The molecule has 0 unspecified atom stereocenters. The number of rotatable bonds is 5. The minimum Gasteiger partial charge on any atom is -0.324 e. The van der Waals surface area contributed by atoms with E-state index in [9.17, 15) is 14.4 Å². The summed E-state index contributed by atoms with van der Waals surface area (Å²) in [5.74, 6) is -0.310. The van der Waals surface area contributed by atoms with Gasteiger partial charge in [0.05, 0.1) is 10.9 Å². The summed E-state index contributed by atoms with van der Waals surface area (Å²) < 4.78 is 2.62. The molecule has 1 heterocycles. The fraction of sp³-hybridized carbons (Fsp3) is 0.318. The summed E-state index contributed by atoms with van der Waals surface area (Å²) in [7, 11) is 0. The van der Waals surface area contributed by atoms with Crippen LogP contribution in [0.3, 0.4) is 0 Å². The van der Waals surface area contributed by atoms with Crippen LogP contribution in [0.1, 0.15) is 37.4 Å². The number of hydrogen-bond donors (Lipinski definition) is 1. The molecule has 0 aliphatic heterocycles. The van der Waals surface area contributed by atoms with Crippen LogP contribution < -0.4 is 16.6 Å². The number of para-hydroxylation sites is 1. The van der Waals surface area contributed by atoms with Crippen molar-refractivity contribution in [2.45, 2.75) is 46.7 Å². The van der Waals surface area contributed by atoms with Crippen molar-refractivity contribution in [3.8, 4) is 0 Å². The third kappa shape index (κ3) is 3.63. The molecular weight excluding hydrogens is 354 g/mol. The summed E-state index contributed by atoms with van der Waals surface area (Å²) in [6.45, 7) is 7.46. The zero-order chi connectivity index (χ0) is 20.4. The second-order valence-corrected chi connectivity index (χ2v) is 7.18. The van der Waals surface area contributed by atoms with Crippen LogP contribution in [0.4, 0.5) is 5.69 Å².